The lowest BCUT2D eigenvalue weighted by atomic mass is 9.78. The van der Waals surface area contributed by atoms with Gasteiger partial charge in [-0.1, -0.05) is 0 Å². The summed E-state index contributed by atoms with van der Waals surface area (Å²) in [6.45, 7) is 7.26. The number of nitrogens with zero attached hydrogens (tertiary/aromatic N) is 3. The molecule has 0 radical (unpaired) electrons. The Morgan fingerprint density at radius 1 is 1.22 bits per heavy atom. The van der Waals surface area contributed by atoms with Crippen LogP contribution in [0.2, 0.25) is 0 Å². The highest BCUT2D eigenvalue weighted by Gasteiger charge is 2.38. The van der Waals surface area contributed by atoms with Gasteiger partial charge in [-0.05, 0) is 59.4 Å². The minimum Gasteiger partial charge on any atom is -0.443 e. The fourth-order valence-electron chi connectivity index (χ4n) is 4.09. The first-order chi connectivity index (χ1) is 16.4. The van der Waals surface area contributed by atoms with Crippen LogP contribution in [0, 0.1) is 6.92 Å². The van der Waals surface area contributed by atoms with Gasteiger partial charge in [-0.15, -0.1) is 11.3 Å². The summed E-state index contributed by atoms with van der Waals surface area (Å²) in [5.41, 5.74) is 5.00. The van der Waals surface area contributed by atoms with E-state index < -0.39 is 53.7 Å². The standard InChI is InChI=1S/C22H30F3N5O5S/c1-12-13(11-29(17(26)32)27-18(33)35-20(2,3)4)36-16-14(12)15(31)30(21(5)7-6-8-21)19(34)28(16)10-9-22(23,24)25/h6-11H2,1-5H3,(H2,26,32)(H,27,33). The van der Waals surface area contributed by atoms with Crippen LogP contribution >= 0.6 is 11.3 Å². The molecule has 2 heterocycles. The van der Waals surface area contributed by atoms with Gasteiger partial charge >= 0.3 is 24.0 Å². The number of fused-ring (bicyclic) bond motifs is 1. The van der Waals surface area contributed by atoms with Crippen molar-refractivity contribution in [1.82, 2.24) is 19.6 Å². The Morgan fingerprint density at radius 2 is 1.83 bits per heavy atom. The molecule has 0 atom stereocenters. The monoisotopic (exact) mass is 533 g/mol. The van der Waals surface area contributed by atoms with Crippen molar-refractivity contribution in [3.63, 3.8) is 0 Å². The predicted octanol–water partition coefficient (Wildman–Crippen LogP) is 3.71. The van der Waals surface area contributed by atoms with E-state index in [0.717, 1.165) is 31.9 Å². The number of hydrogen-bond acceptors (Lipinski definition) is 6. The average Bonchev–Trinajstić information content (AvgIpc) is 2.99. The molecule has 3 rings (SSSR count). The fraction of sp³-hybridized carbons (Fsp3) is 0.636. The SMILES string of the molecule is Cc1c(CN(NC(=O)OC(C)(C)C)C(N)=O)sc2c1c(=O)n(C1(C)CCC1)c(=O)n2CCC(F)(F)F. The third-order valence-corrected chi connectivity index (χ3v) is 7.39. The van der Waals surface area contributed by atoms with Gasteiger partial charge in [-0.2, -0.15) is 13.2 Å². The Balaban J connectivity index is 2.11. The topological polar surface area (TPSA) is 129 Å². The van der Waals surface area contributed by atoms with Crippen molar-refractivity contribution in [1.29, 1.82) is 0 Å². The van der Waals surface area contributed by atoms with Gasteiger partial charge in [0.05, 0.1) is 18.4 Å². The molecular formula is C22H30F3N5O5S. The van der Waals surface area contributed by atoms with Gasteiger partial charge in [0.1, 0.15) is 10.4 Å². The molecule has 3 N–H and O–H groups in total. The Morgan fingerprint density at radius 3 is 2.31 bits per heavy atom. The molecule has 10 nitrogen and oxygen atoms in total. The Kier molecular flexibility index (Phi) is 7.23. The van der Waals surface area contributed by atoms with Gasteiger partial charge in [-0.3, -0.25) is 13.9 Å². The van der Waals surface area contributed by atoms with E-state index in [2.05, 4.69) is 5.43 Å². The van der Waals surface area contributed by atoms with Gasteiger partial charge in [0.25, 0.3) is 5.56 Å². The molecule has 1 aliphatic carbocycles. The molecule has 200 valence electrons. The summed E-state index contributed by atoms with van der Waals surface area (Å²) in [7, 11) is 0. The molecule has 0 unspecified atom stereocenters. The minimum absolute atomic E-state index is 0.0719. The van der Waals surface area contributed by atoms with Gasteiger partial charge in [0, 0.05) is 17.0 Å². The van der Waals surface area contributed by atoms with E-state index in [9.17, 15) is 32.3 Å². The molecule has 3 amide bonds. The van der Waals surface area contributed by atoms with Crippen molar-refractivity contribution < 1.29 is 27.5 Å². The number of ether oxygens (including phenoxy) is 1. The number of thiophene rings is 1. The molecule has 1 aliphatic rings. The lowest BCUT2D eigenvalue weighted by Crippen LogP contribution is -2.53. The number of nitrogens with one attached hydrogen (secondary N) is 1. The van der Waals surface area contributed by atoms with Crippen LogP contribution in [0.4, 0.5) is 22.8 Å². The number of urea groups is 1. The number of amides is 3. The Labute approximate surface area is 208 Å². The highest BCUT2D eigenvalue weighted by molar-refractivity contribution is 7.18. The highest BCUT2D eigenvalue weighted by atomic mass is 32.1. The van der Waals surface area contributed by atoms with Crippen molar-refractivity contribution in [3.8, 4) is 0 Å². The first-order valence-electron chi connectivity index (χ1n) is 11.4. The summed E-state index contributed by atoms with van der Waals surface area (Å²) >= 11 is 0.901. The third kappa shape index (κ3) is 5.68. The van der Waals surface area contributed by atoms with Gasteiger partial charge in [-0.25, -0.2) is 24.8 Å². The maximum absolute atomic E-state index is 13.5. The zero-order chi connectivity index (χ0) is 27.2. The lowest BCUT2D eigenvalue weighted by Gasteiger charge is -2.39. The summed E-state index contributed by atoms with van der Waals surface area (Å²) in [6, 6.07) is -1.02. The number of hydrazine groups is 1. The second kappa shape index (κ2) is 9.45. The number of hydrogen-bond donors (Lipinski definition) is 2. The van der Waals surface area contributed by atoms with Crippen LogP contribution in [0.25, 0.3) is 10.2 Å². The van der Waals surface area contributed by atoms with Crippen molar-refractivity contribution in [2.45, 2.75) is 90.7 Å². The molecule has 2 aromatic heterocycles. The maximum Gasteiger partial charge on any atom is 0.426 e. The number of primary amides is 1. The molecule has 0 spiro atoms. The van der Waals surface area contributed by atoms with Crippen LogP contribution in [0.5, 0.6) is 0 Å². The summed E-state index contributed by atoms with van der Waals surface area (Å²) < 4.78 is 46.3. The van der Waals surface area contributed by atoms with E-state index >= 15 is 0 Å². The Bertz CT molecular complexity index is 1300. The van der Waals surface area contributed by atoms with E-state index in [0.29, 0.717) is 23.3 Å². The molecule has 0 aromatic carbocycles. The highest BCUT2D eigenvalue weighted by Crippen LogP contribution is 2.38. The number of carbonyl (C=O) groups excluding carboxylic acids is 2. The van der Waals surface area contributed by atoms with Crippen LogP contribution in [0.1, 0.15) is 63.8 Å². The van der Waals surface area contributed by atoms with Crippen molar-refractivity contribution in [2.75, 3.05) is 0 Å². The maximum atomic E-state index is 13.5. The van der Waals surface area contributed by atoms with Gasteiger partial charge in [0.2, 0.25) is 0 Å². The zero-order valence-electron chi connectivity index (χ0n) is 20.7. The molecule has 0 bridgehead atoms. The summed E-state index contributed by atoms with van der Waals surface area (Å²) in [4.78, 5) is 51.4. The van der Waals surface area contributed by atoms with Gasteiger partial charge < -0.3 is 10.5 Å². The van der Waals surface area contributed by atoms with E-state index in [4.69, 9.17) is 10.5 Å². The number of aromatic nitrogens is 2. The number of halogens is 3. The normalized spacial score (nSPS) is 15.4. The first kappa shape index (κ1) is 27.6. The van der Waals surface area contributed by atoms with Crippen molar-refractivity contribution in [3.05, 3.63) is 31.3 Å². The van der Waals surface area contributed by atoms with E-state index in [1.54, 1.807) is 34.6 Å². The number of carbonyl (C=O) groups is 2. The van der Waals surface area contributed by atoms with Gasteiger partial charge in [0.15, 0.2) is 0 Å². The number of aryl methyl sites for hydroxylation is 2. The number of nitrogens with two attached hydrogens (primary N) is 1. The smallest absolute Gasteiger partial charge is 0.426 e. The molecule has 0 saturated heterocycles. The quantitative estimate of drug-likeness (QED) is 0.567. The zero-order valence-corrected chi connectivity index (χ0v) is 21.6. The van der Waals surface area contributed by atoms with Crippen molar-refractivity contribution >= 4 is 33.7 Å². The van der Waals surface area contributed by atoms with E-state index in [1.165, 1.54) is 0 Å². The molecule has 2 aromatic rings. The van der Waals surface area contributed by atoms with Crippen LogP contribution in [0.15, 0.2) is 9.59 Å². The second-order valence-electron chi connectivity index (χ2n) is 10.2. The van der Waals surface area contributed by atoms with Crippen molar-refractivity contribution in [2.24, 2.45) is 5.73 Å². The average molecular weight is 534 g/mol. The Hall–Kier alpha value is -3.03. The summed E-state index contributed by atoms with van der Waals surface area (Å²) in [5.74, 6) is 0. The molecule has 1 saturated carbocycles. The predicted molar refractivity (Wildman–Crippen MR) is 128 cm³/mol. The third-order valence-electron chi connectivity index (χ3n) is 6.09. The molecule has 36 heavy (non-hydrogen) atoms. The molecule has 0 aliphatic heterocycles. The summed E-state index contributed by atoms with van der Waals surface area (Å²) in [6.07, 6.45) is -4.81. The summed E-state index contributed by atoms with van der Waals surface area (Å²) in [5, 5.41) is 0.877. The fourth-order valence-corrected chi connectivity index (χ4v) is 5.40. The van der Waals surface area contributed by atoms with Crippen LogP contribution in [-0.4, -0.2) is 38.0 Å². The lowest BCUT2D eigenvalue weighted by molar-refractivity contribution is -0.136. The van der Waals surface area contributed by atoms with Crippen LogP contribution in [0.3, 0.4) is 0 Å². The molecule has 14 heteroatoms. The first-order valence-corrected chi connectivity index (χ1v) is 12.2. The second-order valence-corrected chi connectivity index (χ2v) is 11.2. The number of rotatable bonds is 5. The van der Waals surface area contributed by atoms with Crippen LogP contribution < -0.4 is 22.4 Å². The minimum atomic E-state index is -4.51. The molecule has 1 fully saturated rings. The number of alkyl halides is 3. The van der Waals surface area contributed by atoms with E-state index in [-0.39, 0.29) is 16.8 Å². The van der Waals surface area contributed by atoms with E-state index in [1.807, 2.05) is 0 Å². The molecular weight excluding hydrogens is 503 g/mol. The van der Waals surface area contributed by atoms with Crippen LogP contribution in [-0.2, 0) is 23.4 Å². The largest absolute Gasteiger partial charge is 0.443 e.